The fourth-order valence-corrected chi connectivity index (χ4v) is 3.45. The molecule has 0 aromatic carbocycles. The highest BCUT2D eigenvalue weighted by Crippen LogP contribution is 2.40. The Balaban J connectivity index is 2.33. The molecule has 1 aromatic heterocycles. The van der Waals surface area contributed by atoms with Gasteiger partial charge in [-0.05, 0) is 0 Å². The second kappa shape index (κ2) is 5.89. The Morgan fingerprint density at radius 2 is 2.26 bits per heavy atom. The first kappa shape index (κ1) is 14.3. The Bertz CT molecular complexity index is 558. The van der Waals surface area contributed by atoms with E-state index in [1.807, 2.05) is 0 Å². The van der Waals surface area contributed by atoms with Crippen molar-refractivity contribution < 1.29 is 14.6 Å². The Labute approximate surface area is 112 Å². The number of aliphatic hydroxyl groups excluding tert-OH is 2. The zero-order valence-corrected chi connectivity index (χ0v) is 10.9. The average Bonchev–Trinajstić information content (AvgIpc) is 2.74. The van der Waals surface area contributed by atoms with Crippen LogP contribution in [0.4, 0.5) is 4.39 Å². The Morgan fingerprint density at radius 3 is 2.84 bits per heavy atom. The van der Waals surface area contributed by atoms with Crippen LogP contribution < -0.4 is 11.2 Å². The molecule has 0 amide bonds. The maximum Gasteiger partial charge on any atom is 0.329 e. The number of aryl methyl sites for hydroxylation is 1. The summed E-state index contributed by atoms with van der Waals surface area (Å²) in [6.45, 7) is -0.862. The van der Waals surface area contributed by atoms with Crippen molar-refractivity contribution in [1.82, 2.24) is 9.55 Å². The number of alkyl halides is 1. The maximum atomic E-state index is 12.3. The van der Waals surface area contributed by atoms with Gasteiger partial charge in [-0.25, -0.2) is 4.79 Å². The Morgan fingerprint density at radius 1 is 1.53 bits per heavy atom. The van der Waals surface area contributed by atoms with Crippen LogP contribution in [0.3, 0.4) is 0 Å². The SMILES string of the molecule is O=c1[nH]c(=O)n([C@H]2CC(O)C(CO)S2)cc1CCF. The molecule has 0 aliphatic carbocycles. The summed E-state index contributed by atoms with van der Waals surface area (Å²) < 4.78 is 13.6. The van der Waals surface area contributed by atoms with Gasteiger partial charge in [0.05, 0.1) is 30.0 Å². The molecule has 1 fully saturated rings. The van der Waals surface area contributed by atoms with Crippen LogP contribution in [0.25, 0.3) is 0 Å². The lowest BCUT2D eigenvalue weighted by Gasteiger charge is -2.13. The third-order valence-electron chi connectivity index (χ3n) is 3.10. The van der Waals surface area contributed by atoms with E-state index in [4.69, 9.17) is 5.11 Å². The van der Waals surface area contributed by atoms with Crippen molar-refractivity contribution in [3.8, 4) is 0 Å². The number of nitrogens with one attached hydrogen (secondary N) is 1. The van der Waals surface area contributed by atoms with Gasteiger partial charge in [-0.3, -0.25) is 18.7 Å². The summed E-state index contributed by atoms with van der Waals surface area (Å²) in [6.07, 6.45) is 0.879. The third-order valence-corrected chi connectivity index (χ3v) is 4.65. The van der Waals surface area contributed by atoms with Gasteiger partial charge in [0.1, 0.15) is 0 Å². The van der Waals surface area contributed by atoms with Crippen molar-refractivity contribution in [2.75, 3.05) is 13.3 Å². The van der Waals surface area contributed by atoms with E-state index in [1.54, 1.807) is 0 Å². The predicted octanol–water partition coefficient (Wildman–Crippen LogP) is -0.594. The van der Waals surface area contributed by atoms with E-state index >= 15 is 0 Å². The van der Waals surface area contributed by atoms with E-state index in [-0.39, 0.29) is 29.2 Å². The number of nitrogens with zero attached hydrogens (tertiary/aromatic N) is 1. The molecule has 19 heavy (non-hydrogen) atoms. The van der Waals surface area contributed by atoms with E-state index in [0.717, 1.165) is 0 Å². The second-order valence-corrected chi connectivity index (χ2v) is 5.80. The smallest absolute Gasteiger partial charge is 0.329 e. The molecule has 1 aliphatic rings. The van der Waals surface area contributed by atoms with Crippen LogP contribution in [0, 0.1) is 0 Å². The molecule has 0 saturated carbocycles. The van der Waals surface area contributed by atoms with Crippen LogP contribution in [-0.4, -0.2) is 44.4 Å². The van der Waals surface area contributed by atoms with Crippen LogP contribution in [0.5, 0.6) is 0 Å². The van der Waals surface area contributed by atoms with E-state index in [2.05, 4.69) is 4.98 Å². The molecule has 1 aromatic rings. The lowest BCUT2D eigenvalue weighted by Crippen LogP contribution is -2.33. The number of aromatic nitrogens is 2. The average molecular weight is 290 g/mol. The lowest BCUT2D eigenvalue weighted by atomic mass is 10.2. The van der Waals surface area contributed by atoms with Gasteiger partial charge in [0, 0.05) is 24.6 Å². The van der Waals surface area contributed by atoms with E-state index in [9.17, 15) is 19.1 Å². The van der Waals surface area contributed by atoms with Crippen molar-refractivity contribution in [2.24, 2.45) is 0 Å². The van der Waals surface area contributed by atoms with Gasteiger partial charge in [-0.1, -0.05) is 0 Å². The van der Waals surface area contributed by atoms with E-state index < -0.39 is 24.0 Å². The van der Waals surface area contributed by atoms with Gasteiger partial charge in [0.2, 0.25) is 0 Å². The fourth-order valence-electron chi connectivity index (χ4n) is 2.07. The van der Waals surface area contributed by atoms with Crippen LogP contribution in [0.2, 0.25) is 0 Å². The molecule has 3 atom stereocenters. The molecule has 8 heteroatoms. The summed E-state index contributed by atoms with van der Waals surface area (Å²) in [4.78, 5) is 25.3. The largest absolute Gasteiger partial charge is 0.395 e. The fraction of sp³-hybridized carbons (Fsp3) is 0.636. The van der Waals surface area contributed by atoms with Gasteiger partial charge in [0.25, 0.3) is 5.56 Å². The first-order valence-electron chi connectivity index (χ1n) is 5.91. The summed E-state index contributed by atoms with van der Waals surface area (Å²) in [7, 11) is 0. The monoisotopic (exact) mass is 290 g/mol. The van der Waals surface area contributed by atoms with E-state index in [1.165, 1.54) is 22.5 Å². The number of aromatic amines is 1. The van der Waals surface area contributed by atoms with Crippen molar-refractivity contribution in [3.05, 3.63) is 32.6 Å². The molecule has 0 radical (unpaired) electrons. The number of thioether (sulfide) groups is 1. The molecule has 3 N–H and O–H groups in total. The molecule has 0 spiro atoms. The van der Waals surface area contributed by atoms with Crippen molar-refractivity contribution in [2.45, 2.75) is 29.6 Å². The summed E-state index contributed by atoms with van der Waals surface area (Å²) in [5.41, 5.74) is -0.971. The van der Waals surface area contributed by atoms with Crippen LogP contribution >= 0.6 is 11.8 Å². The minimum atomic E-state index is -0.705. The van der Waals surface area contributed by atoms with Gasteiger partial charge in [-0.2, -0.15) is 0 Å². The summed E-state index contributed by atoms with van der Waals surface area (Å²) >= 11 is 1.27. The highest BCUT2D eigenvalue weighted by molar-refractivity contribution is 8.00. The topological polar surface area (TPSA) is 95.3 Å². The Hall–Kier alpha value is -1.12. The van der Waals surface area contributed by atoms with Crippen LogP contribution in [-0.2, 0) is 6.42 Å². The predicted molar refractivity (Wildman–Crippen MR) is 69.1 cm³/mol. The maximum absolute atomic E-state index is 12.3. The number of hydrogen-bond acceptors (Lipinski definition) is 5. The van der Waals surface area contributed by atoms with Crippen molar-refractivity contribution in [3.63, 3.8) is 0 Å². The molecule has 1 saturated heterocycles. The minimum Gasteiger partial charge on any atom is -0.395 e. The summed E-state index contributed by atoms with van der Waals surface area (Å²) in [5, 5.41) is 18.1. The second-order valence-electron chi connectivity index (χ2n) is 4.37. The molecule has 2 rings (SSSR count). The summed E-state index contributed by atoms with van der Waals surface area (Å²) in [5.74, 6) is 0. The number of rotatable bonds is 4. The minimum absolute atomic E-state index is 0.0566. The number of aliphatic hydroxyl groups is 2. The Kier molecular flexibility index (Phi) is 4.43. The molecular weight excluding hydrogens is 275 g/mol. The molecule has 1 aliphatic heterocycles. The quantitative estimate of drug-likeness (QED) is 0.688. The molecule has 2 unspecified atom stereocenters. The zero-order valence-electron chi connectivity index (χ0n) is 10.1. The first-order valence-corrected chi connectivity index (χ1v) is 6.85. The normalized spacial score (nSPS) is 26.8. The number of H-pyrrole nitrogens is 1. The molecule has 6 nitrogen and oxygen atoms in total. The molecule has 0 bridgehead atoms. The highest BCUT2D eigenvalue weighted by Gasteiger charge is 2.34. The highest BCUT2D eigenvalue weighted by atomic mass is 32.2. The lowest BCUT2D eigenvalue weighted by molar-refractivity contribution is 0.137. The number of hydrogen-bond donors (Lipinski definition) is 3. The first-order chi connectivity index (χ1) is 9.06. The standard InChI is InChI=1S/C11H15FN2O4S/c12-2-1-6-4-14(11(18)13-10(6)17)9-3-7(16)8(5-15)19-9/h4,7-9,15-16H,1-3,5H2,(H,13,17,18)/t7?,8?,9-/m1/s1. The molecule has 106 valence electrons. The molecule has 2 heterocycles. The number of halogens is 1. The van der Waals surface area contributed by atoms with Gasteiger partial charge in [0.15, 0.2) is 0 Å². The van der Waals surface area contributed by atoms with Gasteiger partial charge >= 0.3 is 5.69 Å². The van der Waals surface area contributed by atoms with Crippen molar-refractivity contribution >= 4 is 11.8 Å². The third kappa shape index (κ3) is 2.90. The van der Waals surface area contributed by atoms with E-state index in [0.29, 0.717) is 6.42 Å². The van der Waals surface area contributed by atoms with Crippen LogP contribution in [0.15, 0.2) is 15.8 Å². The summed E-state index contributed by atoms with van der Waals surface area (Å²) in [6, 6.07) is 0. The van der Waals surface area contributed by atoms with Crippen molar-refractivity contribution in [1.29, 1.82) is 0 Å². The zero-order chi connectivity index (χ0) is 14.0. The molecular formula is C11H15FN2O4S. The van der Waals surface area contributed by atoms with Crippen LogP contribution in [0.1, 0.15) is 17.4 Å². The van der Waals surface area contributed by atoms with Gasteiger partial charge in [-0.15, -0.1) is 11.8 Å². The van der Waals surface area contributed by atoms with Gasteiger partial charge < -0.3 is 10.2 Å².